The van der Waals surface area contributed by atoms with Crippen LogP contribution < -0.4 is 5.32 Å². The van der Waals surface area contributed by atoms with Gasteiger partial charge in [-0.3, -0.25) is 4.79 Å². The lowest BCUT2D eigenvalue weighted by molar-refractivity contribution is 0.0950. The van der Waals surface area contributed by atoms with Gasteiger partial charge in [-0.2, -0.15) is 0 Å². The maximum Gasteiger partial charge on any atom is 0.251 e. The summed E-state index contributed by atoms with van der Waals surface area (Å²) in [7, 11) is 0. The number of hydrogen-bond donors (Lipinski definition) is 2. The minimum Gasteiger partial charge on any atom is -0.346 e. The minimum atomic E-state index is -0.107. The average Bonchev–Trinajstić information content (AvgIpc) is 2.78. The Morgan fingerprint density at radius 1 is 1.50 bits per heavy atom. The molecule has 16 heavy (non-hydrogen) atoms. The van der Waals surface area contributed by atoms with Crippen LogP contribution in [0.1, 0.15) is 16.1 Å². The van der Waals surface area contributed by atoms with E-state index >= 15 is 0 Å². The summed E-state index contributed by atoms with van der Waals surface area (Å²) < 4.78 is 0. The van der Waals surface area contributed by atoms with Gasteiger partial charge in [0.2, 0.25) is 0 Å². The van der Waals surface area contributed by atoms with Gasteiger partial charge in [0.15, 0.2) is 0 Å². The molecule has 0 aliphatic heterocycles. The number of thiazole rings is 1. The smallest absolute Gasteiger partial charge is 0.251 e. The van der Waals surface area contributed by atoms with Crippen LogP contribution in [-0.4, -0.2) is 10.9 Å². The van der Waals surface area contributed by atoms with E-state index in [-0.39, 0.29) is 5.91 Å². The summed E-state index contributed by atoms with van der Waals surface area (Å²) in [6.07, 6.45) is 0. The SMILES string of the molecule is O=C(NCc1cscn1)c1cccc(S)c1. The fraction of sp³-hybridized carbons (Fsp3) is 0.0909. The molecule has 0 fully saturated rings. The minimum absolute atomic E-state index is 0.107. The molecule has 2 aromatic rings. The van der Waals surface area contributed by atoms with Gasteiger partial charge in [0.25, 0.3) is 5.91 Å². The third-order valence-electron chi connectivity index (χ3n) is 2.02. The van der Waals surface area contributed by atoms with Gasteiger partial charge in [0, 0.05) is 15.8 Å². The summed E-state index contributed by atoms with van der Waals surface area (Å²) in [6, 6.07) is 7.13. The largest absolute Gasteiger partial charge is 0.346 e. The van der Waals surface area contributed by atoms with E-state index in [4.69, 9.17) is 0 Å². The molecule has 0 aliphatic rings. The van der Waals surface area contributed by atoms with E-state index in [1.165, 1.54) is 11.3 Å². The first-order chi connectivity index (χ1) is 7.75. The van der Waals surface area contributed by atoms with E-state index < -0.39 is 0 Å². The summed E-state index contributed by atoms with van der Waals surface area (Å²) >= 11 is 5.70. The molecule has 1 aromatic heterocycles. The Morgan fingerprint density at radius 2 is 2.38 bits per heavy atom. The molecule has 2 rings (SSSR count). The van der Waals surface area contributed by atoms with E-state index in [1.54, 1.807) is 23.7 Å². The fourth-order valence-corrected chi connectivity index (χ4v) is 2.03. The monoisotopic (exact) mass is 250 g/mol. The highest BCUT2D eigenvalue weighted by Crippen LogP contribution is 2.09. The summed E-state index contributed by atoms with van der Waals surface area (Å²) in [4.78, 5) is 16.6. The summed E-state index contributed by atoms with van der Waals surface area (Å²) in [5.74, 6) is -0.107. The molecule has 3 nitrogen and oxygen atoms in total. The normalized spacial score (nSPS) is 10.1. The number of thiol groups is 1. The van der Waals surface area contributed by atoms with Crippen LogP contribution in [0.25, 0.3) is 0 Å². The topological polar surface area (TPSA) is 42.0 Å². The summed E-state index contributed by atoms with van der Waals surface area (Å²) in [5.41, 5.74) is 3.23. The van der Waals surface area contributed by atoms with Crippen molar-refractivity contribution >= 4 is 29.9 Å². The zero-order valence-corrected chi connectivity index (χ0v) is 10.1. The summed E-state index contributed by atoms with van der Waals surface area (Å²) in [6.45, 7) is 0.457. The Balaban J connectivity index is 1.98. The average molecular weight is 250 g/mol. The second-order valence-corrected chi connectivity index (χ2v) is 4.45. The second kappa shape index (κ2) is 5.14. The zero-order valence-electron chi connectivity index (χ0n) is 8.38. The first-order valence-electron chi connectivity index (χ1n) is 4.70. The third-order valence-corrected chi connectivity index (χ3v) is 2.94. The Morgan fingerprint density at radius 3 is 3.06 bits per heavy atom. The molecule has 0 saturated heterocycles. The van der Waals surface area contributed by atoms with Gasteiger partial charge in [-0.15, -0.1) is 24.0 Å². The number of carbonyl (C=O) groups is 1. The first-order valence-corrected chi connectivity index (χ1v) is 6.09. The number of nitrogens with zero attached hydrogens (tertiary/aromatic N) is 1. The standard InChI is InChI=1S/C11H10N2OS2/c14-11(8-2-1-3-10(15)4-8)12-5-9-6-16-7-13-9/h1-4,6-7,15H,5H2,(H,12,14). The number of aromatic nitrogens is 1. The molecule has 1 amide bonds. The van der Waals surface area contributed by atoms with Gasteiger partial charge >= 0.3 is 0 Å². The van der Waals surface area contributed by atoms with Crippen molar-refractivity contribution in [3.63, 3.8) is 0 Å². The third kappa shape index (κ3) is 2.84. The van der Waals surface area contributed by atoms with Crippen molar-refractivity contribution in [3.05, 3.63) is 46.4 Å². The molecule has 0 radical (unpaired) electrons. The molecule has 0 spiro atoms. The van der Waals surface area contributed by atoms with Gasteiger partial charge < -0.3 is 5.32 Å². The van der Waals surface area contributed by atoms with Crippen LogP contribution in [0.5, 0.6) is 0 Å². The van der Waals surface area contributed by atoms with E-state index in [2.05, 4.69) is 22.9 Å². The van der Waals surface area contributed by atoms with Crippen molar-refractivity contribution in [2.24, 2.45) is 0 Å². The molecule has 0 saturated carbocycles. The van der Waals surface area contributed by atoms with Gasteiger partial charge in [-0.05, 0) is 18.2 Å². The van der Waals surface area contributed by atoms with Crippen molar-refractivity contribution < 1.29 is 4.79 Å². The Labute approximate surface area is 103 Å². The molecule has 0 aliphatic carbocycles. The van der Waals surface area contributed by atoms with Crippen LogP contribution in [0, 0.1) is 0 Å². The number of rotatable bonds is 3. The molecule has 0 unspecified atom stereocenters. The maximum atomic E-state index is 11.7. The zero-order chi connectivity index (χ0) is 11.4. The molecular weight excluding hydrogens is 240 g/mol. The number of carbonyl (C=O) groups excluding carboxylic acids is 1. The molecule has 82 valence electrons. The van der Waals surface area contributed by atoms with Gasteiger partial charge in [0.05, 0.1) is 17.7 Å². The van der Waals surface area contributed by atoms with Crippen molar-refractivity contribution in [2.45, 2.75) is 11.4 Å². The van der Waals surface area contributed by atoms with E-state index in [0.29, 0.717) is 12.1 Å². The van der Waals surface area contributed by atoms with Crippen molar-refractivity contribution in [3.8, 4) is 0 Å². The van der Waals surface area contributed by atoms with Crippen LogP contribution >= 0.6 is 24.0 Å². The lowest BCUT2D eigenvalue weighted by atomic mass is 10.2. The summed E-state index contributed by atoms with van der Waals surface area (Å²) in [5, 5.41) is 4.71. The Hall–Kier alpha value is -1.33. The van der Waals surface area contributed by atoms with Gasteiger partial charge in [-0.1, -0.05) is 6.07 Å². The molecule has 1 heterocycles. The molecule has 1 aromatic carbocycles. The van der Waals surface area contributed by atoms with Crippen LogP contribution in [0.4, 0.5) is 0 Å². The predicted octanol–water partition coefficient (Wildman–Crippen LogP) is 2.36. The van der Waals surface area contributed by atoms with Crippen molar-refractivity contribution in [1.29, 1.82) is 0 Å². The van der Waals surface area contributed by atoms with Gasteiger partial charge in [-0.25, -0.2) is 4.98 Å². The Kier molecular flexibility index (Phi) is 3.58. The molecule has 0 bridgehead atoms. The van der Waals surface area contributed by atoms with Crippen LogP contribution in [0.3, 0.4) is 0 Å². The predicted molar refractivity (Wildman–Crippen MR) is 67.0 cm³/mol. The van der Waals surface area contributed by atoms with E-state index in [0.717, 1.165) is 10.6 Å². The van der Waals surface area contributed by atoms with Crippen molar-refractivity contribution in [2.75, 3.05) is 0 Å². The fourth-order valence-electron chi connectivity index (χ4n) is 1.24. The molecule has 5 heteroatoms. The number of hydrogen-bond acceptors (Lipinski definition) is 4. The van der Waals surface area contributed by atoms with Crippen LogP contribution in [0.15, 0.2) is 40.1 Å². The van der Waals surface area contributed by atoms with Crippen LogP contribution in [0.2, 0.25) is 0 Å². The van der Waals surface area contributed by atoms with Crippen molar-refractivity contribution in [1.82, 2.24) is 10.3 Å². The lowest BCUT2D eigenvalue weighted by Crippen LogP contribution is -2.22. The lowest BCUT2D eigenvalue weighted by Gasteiger charge is -2.03. The van der Waals surface area contributed by atoms with E-state index in [1.807, 2.05) is 11.4 Å². The molecular formula is C11H10N2OS2. The second-order valence-electron chi connectivity index (χ2n) is 3.21. The Bertz CT molecular complexity index is 482. The molecule has 1 N–H and O–H groups in total. The number of benzene rings is 1. The highest BCUT2D eigenvalue weighted by atomic mass is 32.1. The number of amides is 1. The number of nitrogens with one attached hydrogen (secondary N) is 1. The quantitative estimate of drug-likeness (QED) is 0.821. The highest BCUT2D eigenvalue weighted by Gasteiger charge is 2.05. The maximum absolute atomic E-state index is 11.7. The van der Waals surface area contributed by atoms with Crippen LogP contribution in [-0.2, 0) is 6.54 Å². The van der Waals surface area contributed by atoms with Gasteiger partial charge in [0.1, 0.15) is 0 Å². The molecule has 0 atom stereocenters. The highest BCUT2D eigenvalue weighted by molar-refractivity contribution is 7.80. The first kappa shape index (κ1) is 11.2. The van der Waals surface area contributed by atoms with E-state index in [9.17, 15) is 4.79 Å².